The molecular weight excluding hydrogens is 282 g/mol. The summed E-state index contributed by atoms with van der Waals surface area (Å²) in [5.74, 6) is 0.117. The van der Waals surface area contributed by atoms with Gasteiger partial charge in [-0.15, -0.1) is 0 Å². The summed E-state index contributed by atoms with van der Waals surface area (Å²) in [4.78, 5) is 25.7. The fourth-order valence-corrected chi connectivity index (χ4v) is 2.21. The summed E-state index contributed by atoms with van der Waals surface area (Å²) in [6.45, 7) is 3.96. The van der Waals surface area contributed by atoms with Crippen molar-refractivity contribution in [3.8, 4) is 0 Å². The van der Waals surface area contributed by atoms with Crippen molar-refractivity contribution >= 4 is 17.6 Å². The third kappa shape index (κ3) is 3.55. The largest absolute Gasteiger partial charge is 0.469 e. The number of ether oxygens (including phenoxy) is 1. The van der Waals surface area contributed by atoms with Gasteiger partial charge in [0.2, 0.25) is 0 Å². The van der Waals surface area contributed by atoms with Gasteiger partial charge < -0.3 is 14.1 Å². The van der Waals surface area contributed by atoms with E-state index >= 15 is 0 Å². The minimum atomic E-state index is -0.352. The molecule has 0 saturated heterocycles. The fourth-order valence-electron chi connectivity index (χ4n) is 2.21. The highest BCUT2D eigenvalue weighted by molar-refractivity contribution is 6.06. The lowest BCUT2D eigenvalue weighted by Crippen LogP contribution is -2.33. The van der Waals surface area contributed by atoms with Gasteiger partial charge in [-0.3, -0.25) is 9.59 Å². The number of hydrogen-bond donors (Lipinski definition) is 0. The summed E-state index contributed by atoms with van der Waals surface area (Å²) in [6, 6.07) is 9.24. The summed E-state index contributed by atoms with van der Waals surface area (Å²) in [5, 5.41) is 0. The van der Waals surface area contributed by atoms with Crippen LogP contribution in [-0.4, -0.2) is 25.5 Å². The normalized spacial score (nSPS) is 10.3. The Hall–Kier alpha value is -2.56. The first-order valence-corrected chi connectivity index (χ1v) is 7.02. The lowest BCUT2D eigenvalue weighted by Gasteiger charge is -2.23. The number of nitrogens with zero attached hydrogens (tertiary/aromatic N) is 1. The van der Waals surface area contributed by atoms with Gasteiger partial charge in [0.25, 0.3) is 5.91 Å². The fraction of sp³-hybridized carbons (Fsp3) is 0.294. The van der Waals surface area contributed by atoms with Crippen LogP contribution in [0.3, 0.4) is 0 Å². The summed E-state index contributed by atoms with van der Waals surface area (Å²) >= 11 is 0. The van der Waals surface area contributed by atoms with Crippen molar-refractivity contribution in [3.05, 3.63) is 53.5 Å². The predicted molar refractivity (Wildman–Crippen MR) is 82.9 cm³/mol. The number of carbonyl (C=O) groups is 2. The Morgan fingerprint density at radius 2 is 1.95 bits per heavy atom. The van der Waals surface area contributed by atoms with Gasteiger partial charge >= 0.3 is 5.97 Å². The van der Waals surface area contributed by atoms with Crippen molar-refractivity contribution in [2.75, 3.05) is 18.6 Å². The van der Waals surface area contributed by atoms with E-state index in [1.807, 2.05) is 31.2 Å². The van der Waals surface area contributed by atoms with Gasteiger partial charge in [0.15, 0.2) is 0 Å². The van der Waals surface area contributed by atoms with E-state index in [1.54, 1.807) is 17.9 Å². The van der Waals surface area contributed by atoms with Gasteiger partial charge in [-0.1, -0.05) is 18.2 Å². The molecule has 0 N–H and O–H groups in total. The van der Waals surface area contributed by atoms with Crippen molar-refractivity contribution in [1.29, 1.82) is 0 Å². The minimum absolute atomic E-state index is 0.132. The van der Waals surface area contributed by atoms with Crippen LogP contribution in [0.15, 0.2) is 41.0 Å². The van der Waals surface area contributed by atoms with Gasteiger partial charge in [0, 0.05) is 12.2 Å². The molecule has 22 heavy (non-hydrogen) atoms. The number of hydrogen-bond acceptors (Lipinski definition) is 4. The molecule has 1 aromatic heterocycles. The maximum atomic E-state index is 12.7. The monoisotopic (exact) mass is 301 g/mol. The van der Waals surface area contributed by atoms with Gasteiger partial charge in [-0.05, 0) is 31.5 Å². The van der Waals surface area contributed by atoms with Crippen LogP contribution in [0.2, 0.25) is 0 Å². The molecule has 1 aromatic carbocycles. The number of esters is 1. The molecule has 0 aliphatic rings. The third-order valence-electron chi connectivity index (χ3n) is 3.40. The Labute approximate surface area is 129 Å². The second-order valence-corrected chi connectivity index (χ2v) is 5.02. The van der Waals surface area contributed by atoms with Gasteiger partial charge in [0.05, 0.1) is 19.1 Å². The van der Waals surface area contributed by atoms with E-state index in [9.17, 15) is 9.59 Å². The highest BCUT2D eigenvalue weighted by atomic mass is 16.5. The summed E-state index contributed by atoms with van der Waals surface area (Å²) < 4.78 is 9.87. The topological polar surface area (TPSA) is 59.8 Å². The quantitative estimate of drug-likeness (QED) is 0.796. The molecule has 0 radical (unpaired) electrons. The highest BCUT2D eigenvalue weighted by Gasteiger charge is 2.21. The molecule has 2 aromatic rings. The maximum absolute atomic E-state index is 12.7. The zero-order chi connectivity index (χ0) is 16.1. The molecule has 0 fully saturated rings. The second kappa shape index (κ2) is 6.93. The number of aryl methyl sites for hydroxylation is 2. The number of furan rings is 1. The lowest BCUT2D eigenvalue weighted by atomic mass is 10.1. The van der Waals surface area contributed by atoms with Crippen LogP contribution in [-0.2, 0) is 9.53 Å². The van der Waals surface area contributed by atoms with E-state index in [2.05, 4.69) is 4.74 Å². The van der Waals surface area contributed by atoms with Crippen LogP contribution >= 0.6 is 0 Å². The second-order valence-electron chi connectivity index (χ2n) is 5.02. The first-order chi connectivity index (χ1) is 10.5. The molecule has 0 atom stereocenters. The van der Waals surface area contributed by atoms with Crippen molar-refractivity contribution in [1.82, 2.24) is 0 Å². The van der Waals surface area contributed by atoms with E-state index in [0.29, 0.717) is 11.3 Å². The SMILES string of the molecule is COC(=O)CCN(C(=O)c1coc(C)c1)c1ccccc1C. The smallest absolute Gasteiger partial charge is 0.307 e. The molecule has 1 heterocycles. The van der Waals surface area contributed by atoms with Crippen molar-refractivity contribution in [3.63, 3.8) is 0 Å². The van der Waals surface area contributed by atoms with Crippen molar-refractivity contribution < 1.29 is 18.7 Å². The van der Waals surface area contributed by atoms with E-state index in [-0.39, 0.29) is 24.8 Å². The van der Waals surface area contributed by atoms with Crippen LogP contribution in [0.25, 0.3) is 0 Å². The molecule has 0 bridgehead atoms. The van der Waals surface area contributed by atoms with E-state index in [4.69, 9.17) is 4.42 Å². The molecular formula is C17H19NO4. The zero-order valence-electron chi connectivity index (χ0n) is 13.0. The number of carbonyl (C=O) groups excluding carboxylic acids is 2. The Bertz CT molecular complexity index is 675. The molecule has 0 unspecified atom stereocenters. The Morgan fingerprint density at radius 1 is 1.23 bits per heavy atom. The molecule has 5 heteroatoms. The molecule has 2 rings (SSSR count). The number of benzene rings is 1. The molecule has 0 aliphatic heterocycles. The van der Waals surface area contributed by atoms with Crippen LogP contribution in [0.1, 0.15) is 28.1 Å². The molecule has 1 amide bonds. The standard InChI is InChI=1S/C17H19NO4/c1-12-6-4-5-7-15(12)18(9-8-16(19)21-3)17(20)14-10-13(2)22-11-14/h4-7,10-11H,8-9H2,1-3H3. The third-order valence-corrected chi connectivity index (χ3v) is 3.40. The number of amides is 1. The van der Waals surface area contributed by atoms with Gasteiger partial charge in [0.1, 0.15) is 12.0 Å². The molecule has 0 aliphatic carbocycles. The minimum Gasteiger partial charge on any atom is -0.469 e. The Kier molecular flexibility index (Phi) is 4.99. The van der Waals surface area contributed by atoms with Crippen LogP contribution in [0.5, 0.6) is 0 Å². The summed E-state index contributed by atoms with van der Waals surface area (Å²) in [6.07, 6.45) is 1.56. The van der Waals surface area contributed by atoms with Crippen LogP contribution < -0.4 is 4.90 Å². The molecule has 116 valence electrons. The predicted octanol–water partition coefficient (Wildman–Crippen LogP) is 3.11. The van der Waals surface area contributed by atoms with Crippen molar-refractivity contribution in [2.45, 2.75) is 20.3 Å². The summed E-state index contributed by atoms with van der Waals surface area (Å²) in [7, 11) is 1.34. The van der Waals surface area contributed by atoms with Gasteiger partial charge in [-0.25, -0.2) is 0 Å². The Morgan fingerprint density at radius 3 is 2.55 bits per heavy atom. The van der Waals surface area contributed by atoms with E-state index in [1.165, 1.54) is 13.4 Å². The van der Waals surface area contributed by atoms with Crippen molar-refractivity contribution in [2.24, 2.45) is 0 Å². The molecule has 5 nitrogen and oxygen atoms in total. The zero-order valence-corrected chi connectivity index (χ0v) is 13.0. The number of para-hydroxylation sites is 1. The average molecular weight is 301 g/mol. The molecule has 0 spiro atoms. The first kappa shape index (κ1) is 15.8. The van der Waals surface area contributed by atoms with Gasteiger partial charge in [-0.2, -0.15) is 0 Å². The maximum Gasteiger partial charge on any atom is 0.307 e. The number of anilines is 1. The van der Waals surface area contributed by atoms with E-state index in [0.717, 1.165) is 11.3 Å². The summed E-state index contributed by atoms with van der Waals surface area (Å²) in [5.41, 5.74) is 2.20. The Balaban J connectivity index is 2.31. The lowest BCUT2D eigenvalue weighted by molar-refractivity contribution is -0.140. The number of rotatable bonds is 5. The van der Waals surface area contributed by atoms with Crippen LogP contribution in [0.4, 0.5) is 5.69 Å². The van der Waals surface area contributed by atoms with E-state index < -0.39 is 0 Å². The highest BCUT2D eigenvalue weighted by Crippen LogP contribution is 2.22. The average Bonchev–Trinajstić information content (AvgIpc) is 2.95. The number of methoxy groups -OCH3 is 1. The molecule has 0 saturated carbocycles. The van der Waals surface area contributed by atoms with Crippen LogP contribution in [0, 0.1) is 13.8 Å². The first-order valence-electron chi connectivity index (χ1n) is 7.02.